The Labute approximate surface area is 118 Å². The lowest BCUT2D eigenvalue weighted by Crippen LogP contribution is -2.36. The minimum absolute atomic E-state index is 0.121. The first-order chi connectivity index (χ1) is 9.63. The molecule has 0 saturated heterocycles. The predicted octanol–water partition coefficient (Wildman–Crippen LogP) is 2.95. The summed E-state index contributed by atoms with van der Waals surface area (Å²) in [7, 11) is 1.99. The molecule has 2 aromatic rings. The highest BCUT2D eigenvalue weighted by molar-refractivity contribution is 5.92. The number of anilines is 1. The highest BCUT2D eigenvalue weighted by Gasteiger charge is 2.17. The lowest BCUT2D eigenvalue weighted by molar-refractivity contribution is 0.248. The third kappa shape index (κ3) is 2.48. The molecular weight excluding hydrogens is 252 g/mol. The fraction of sp³-hybridized carbons (Fsp3) is 0.467. The van der Waals surface area contributed by atoms with Crippen LogP contribution in [0.5, 0.6) is 0 Å². The second-order valence-electron chi connectivity index (χ2n) is 5.50. The fourth-order valence-corrected chi connectivity index (χ4v) is 2.82. The summed E-state index contributed by atoms with van der Waals surface area (Å²) in [5.41, 5.74) is 2.76. The smallest absolute Gasteiger partial charge is 0.319 e. The Morgan fingerprint density at radius 2 is 2.10 bits per heavy atom. The quantitative estimate of drug-likeness (QED) is 0.883. The third-order valence-electron chi connectivity index (χ3n) is 4.05. The van der Waals surface area contributed by atoms with E-state index in [1.807, 2.05) is 36.7 Å². The predicted molar refractivity (Wildman–Crippen MR) is 79.9 cm³/mol. The number of nitrogens with one attached hydrogen (secondary N) is 2. The molecule has 1 aromatic carbocycles. The van der Waals surface area contributed by atoms with Crippen LogP contribution < -0.4 is 10.6 Å². The number of benzene rings is 1. The molecule has 0 unspecified atom stereocenters. The summed E-state index contributed by atoms with van der Waals surface area (Å²) in [4.78, 5) is 16.4. The molecule has 1 aliphatic carbocycles. The van der Waals surface area contributed by atoms with Crippen LogP contribution in [0.25, 0.3) is 11.0 Å². The molecule has 0 bridgehead atoms. The van der Waals surface area contributed by atoms with Gasteiger partial charge in [0.05, 0.1) is 11.0 Å². The van der Waals surface area contributed by atoms with E-state index in [0.29, 0.717) is 6.04 Å². The number of urea groups is 1. The molecule has 5 nitrogen and oxygen atoms in total. The summed E-state index contributed by atoms with van der Waals surface area (Å²) in [6.07, 6.45) is 4.60. The summed E-state index contributed by atoms with van der Waals surface area (Å²) >= 11 is 0. The van der Waals surface area contributed by atoms with E-state index in [-0.39, 0.29) is 6.03 Å². The lowest BCUT2D eigenvalue weighted by atomic mass is 10.2. The number of amides is 2. The van der Waals surface area contributed by atoms with Crippen molar-refractivity contribution in [3.8, 4) is 0 Å². The van der Waals surface area contributed by atoms with Crippen molar-refractivity contribution in [3.63, 3.8) is 0 Å². The molecule has 1 aliphatic rings. The Morgan fingerprint density at radius 3 is 2.85 bits per heavy atom. The normalized spacial score (nSPS) is 15.7. The molecule has 5 heteroatoms. The molecule has 1 saturated carbocycles. The van der Waals surface area contributed by atoms with E-state index >= 15 is 0 Å². The Hall–Kier alpha value is -2.04. The molecule has 1 heterocycles. The van der Waals surface area contributed by atoms with E-state index < -0.39 is 0 Å². The average molecular weight is 272 g/mol. The van der Waals surface area contributed by atoms with Gasteiger partial charge in [-0.3, -0.25) is 0 Å². The molecule has 2 amide bonds. The largest absolute Gasteiger partial charge is 0.335 e. The first kappa shape index (κ1) is 13.0. The van der Waals surface area contributed by atoms with Crippen LogP contribution in [0.3, 0.4) is 0 Å². The maximum Gasteiger partial charge on any atom is 0.319 e. The number of hydrogen-bond acceptors (Lipinski definition) is 2. The molecule has 0 radical (unpaired) electrons. The molecule has 2 N–H and O–H groups in total. The molecule has 0 atom stereocenters. The van der Waals surface area contributed by atoms with Gasteiger partial charge in [-0.25, -0.2) is 9.78 Å². The van der Waals surface area contributed by atoms with Crippen LogP contribution in [0.1, 0.15) is 31.5 Å². The summed E-state index contributed by atoms with van der Waals surface area (Å²) in [6, 6.07) is 6.02. The molecule has 0 aliphatic heterocycles. The first-order valence-corrected chi connectivity index (χ1v) is 7.14. The highest BCUT2D eigenvalue weighted by atomic mass is 16.2. The third-order valence-corrected chi connectivity index (χ3v) is 4.05. The molecule has 106 valence electrons. The Bertz CT molecular complexity index is 641. The summed E-state index contributed by atoms with van der Waals surface area (Å²) in [5, 5.41) is 5.91. The van der Waals surface area contributed by atoms with E-state index in [1.165, 1.54) is 12.8 Å². The Balaban J connectivity index is 1.72. The second kappa shape index (κ2) is 5.15. The van der Waals surface area contributed by atoms with Crippen LogP contribution in [0.15, 0.2) is 18.2 Å². The zero-order valence-electron chi connectivity index (χ0n) is 11.9. The SMILES string of the molecule is Cc1nc2cc(NC(=O)NC3CCCC3)ccc2n1C. The molecule has 1 fully saturated rings. The number of fused-ring (bicyclic) bond motifs is 1. The summed E-state index contributed by atoms with van der Waals surface area (Å²) in [6.45, 7) is 1.97. The van der Waals surface area contributed by atoms with Crippen molar-refractivity contribution in [3.05, 3.63) is 24.0 Å². The van der Waals surface area contributed by atoms with Crippen molar-refractivity contribution in [1.29, 1.82) is 0 Å². The van der Waals surface area contributed by atoms with E-state index in [0.717, 1.165) is 35.4 Å². The van der Waals surface area contributed by atoms with E-state index in [1.54, 1.807) is 0 Å². The number of imidazole rings is 1. The van der Waals surface area contributed by atoms with Gasteiger partial charge in [-0.05, 0) is 38.0 Å². The zero-order valence-corrected chi connectivity index (χ0v) is 11.9. The van der Waals surface area contributed by atoms with Gasteiger partial charge in [-0.1, -0.05) is 12.8 Å². The second-order valence-corrected chi connectivity index (χ2v) is 5.50. The number of carbonyl (C=O) groups excluding carboxylic acids is 1. The monoisotopic (exact) mass is 272 g/mol. The maximum atomic E-state index is 11.9. The van der Waals surface area contributed by atoms with Crippen molar-refractivity contribution in [2.45, 2.75) is 38.6 Å². The van der Waals surface area contributed by atoms with Gasteiger partial charge in [0.1, 0.15) is 5.82 Å². The van der Waals surface area contributed by atoms with Crippen molar-refractivity contribution < 1.29 is 4.79 Å². The van der Waals surface area contributed by atoms with Crippen molar-refractivity contribution >= 4 is 22.8 Å². The van der Waals surface area contributed by atoms with Crippen molar-refractivity contribution in [2.24, 2.45) is 7.05 Å². The summed E-state index contributed by atoms with van der Waals surface area (Å²) < 4.78 is 2.04. The first-order valence-electron chi connectivity index (χ1n) is 7.14. The minimum Gasteiger partial charge on any atom is -0.335 e. The van der Waals surface area contributed by atoms with Gasteiger partial charge in [0.25, 0.3) is 0 Å². The highest BCUT2D eigenvalue weighted by Crippen LogP contribution is 2.20. The van der Waals surface area contributed by atoms with Crippen LogP contribution in [-0.4, -0.2) is 21.6 Å². The number of aryl methyl sites for hydroxylation is 2. The fourth-order valence-electron chi connectivity index (χ4n) is 2.82. The molecule has 1 aromatic heterocycles. The maximum absolute atomic E-state index is 11.9. The zero-order chi connectivity index (χ0) is 14.1. The number of nitrogens with zero attached hydrogens (tertiary/aromatic N) is 2. The van der Waals surface area contributed by atoms with Crippen LogP contribution in [0.2, 0.25) is 0 Å². The Kier molecular flexibility index (Phi) is 3.34. The standard InChI is InChI=1S/C15H20N4O/c1-10-16-13-9-12(7-8-14(13)19(10)2)18-15(20)17-11-5-3-4-6-11/h7-9,11H,3-6H2,1-2H3,(H2,17,18,20). The topological polar surface area (TPSA) is 59.0 Å². The summed E-state index contributed by atoms with van der Waals surface area (Å²) in [5.74, 6) is 0.965. The lowest BCUT2D eigenvalue weighted by Gasteiger charge is -2.12. The van der Waals surface area contributed by atoms with Crippen molar-refractivity contribution in [1.82, 2.24) is 14.9 Å². The number of hydrogen-bond donors (Lipinski definition) is 2. The molecular formula is C15H20N4O. The van der Waals surface area contributed by atoms with Gasteiger partial charge in [-0.2, -0.15) is 0 Å². The van der Waals surface area contributed by atoms with Crippen LogP contribution >= 0.6 is 0 Å². The minimum atomic E-state index is -0.121. The van der Waals surface area contributed by atoms with E-state index in [4.69, 9.17) is 0 Å². The molecule has 3 rings (SSSR count). The number of aromatic nitrogens is 2. The average Bonchev–Trinajstić information content (AvgIpc) is 2.99. The van der Waals surface area contributed by atoms with Gasteiger partial charge >= 0.3 is 6.03 Å². The molecule has 0 spiro atoms. The number of carbonyl (C=O) groups is 1. The number of rotatable bonds is 2. The van der Waals surface area contributed by atoms with Crippen LogP contribution in [0, 0.1) is 6.92 Å². The van der Waals surface area contributed by atoms with Crippen LogP contribution in [0.4, 0.5) is 10.5 Å². The van der Waals surface area contributed by atoms with Gasteiger partial charge in [-0.15, -0.1) is 0 Å². The van der Waals surface area contributed by atoms with Crippen molar-refractivity contribution in [2.75, 3.05) is 5.32 Å². The van der Waals surface area contributed by atoms with Gasteiger partial charge in [0.15, 0.2) is 0 Å². The Morgan fingerprint density at radius 1 is 1.35 bits per heavy atom. The van der Waals surface area contributed by atoms with E-state index in [2.05, 4.69) is 15.6 Å². The van der Waals surface area contributed by atoms with E-state index in [9.17, 15) is 4.79 Å². The van der Waals surface area contributed by atoms with Gasteiger partial charge in [0, 0.05) is 18.8 Å². The van der Waals surface area contributed by atoms with Gasteiger partial charge < -0.3 is 15.2 Å². The van der Waals surface area contributed by atoms with Gasteiger partial charge in [0.2, 0.25) is 0 Å². The molecule has 20 heavy (non-hydrogen) atoms. The van der Waals surface area contributed by atoms with Crippen LogP contribution in [-0.2, 0) is 7.05 Å².